The van der Waals surface area contributed by atoms with Crippen LogP contribution in [0.1, 0.15) is 12.8 Å². The third-order valence-corrected chi connectivity index (χ3v) is 5.34. The van der Waals surface area contributed by atoms with Crippen LogP contribution in [0.15, 0.2) is 29.3 Å². The first-order valence-electron chi connectivity index (χ1n) is 9.94. The Morgan fingerprint density at radius 3 is 2.59 bits per heavy atom. The van der Waals surface area contributed by atoms with Crippen molar-refractivity contribution in [1.29, 1.82) is 0 Å². The summed E-state index contributed by atoms with van der Waals surface area (Å²) in [6, 6.07) is 8.29. The molecule has 0 radical (unpaired) electrons. The van der Waals surface area contributed by atoms with Crippen LogP contribution in [0.25, 0.3) is 0 Å². The van der Waals surface area contributed by atoms with Crippen molar-refractivity contribution in [3.05, 3.63) is 24.3 Å². The van der Waals surface area contributed by atoms with E-state index in [9.17, 15) is 5.11 Å². The number of piperazine rings is 1. The van der Waals surface area contributed by atoms with E-state index in [0.29, 0.717) is 5.75 Å². The van der Waals surface area contributed by atoms with Gasteiger partial charge in [0.15, 0.2) is 5.96 Å². The van der Waals surface area contributed by atoms with Crippen molar-refractivity contribution >= 4 is 11.6 Å². The number of hydrogen-bond acceptors (Lipinski definition) is 5. The molecular formula is C20H33N5O2. The van der Waals surface area contributed by atoms with E-state index in [0.717, 1.165) is 70.1 Å². The Labute approximate surface area is 162 Å². The van der Waals surface area contributed by atoms with Gasteiger partial charge in [-0.1, -0.05) is 12.1 Å². The van der Waals surface area contributed by atoms with Crippen LogP contribution >= 0.6 is 0 Å². The molecule has 1 saturated heterocycles. The molecule has 0 spiro atoms. The molecule has 0 unspecified atom stereocenters. The Morgan fingerprint density at radius 1 is 1.22 bits per heavy atom. The number of methoxy groups -OCH3 is 1. The number of guanidine groups is 1. The lowest BCUT2D eigenvalue weighted by Crippen LogP contribution is -2.53. The molecule has 7 nitrogen and oxygen atoms in total. The van der Waals surface area contributed by atoms with Gasteiger partial charge in [0.2, 0.25) is 0 Å². The molecule has 1 saturated carbocycles. The standard InChI is InChI=1S/C20H33N5O2/c1-21-20(22-9-10-23(15-16-27-2)17-7-8-17)25-13-11-24(12-14-25)18-5-3-4-6-19(18)26/h3-6,17,26H,7-16H2,1-2H3,(H,21,22). The van der Waals surface area contributed by atoms with Gasteiger partial charge in [-0.2, -0.15) is 0 Å². The van der Waals surface area contributed by atoms with Crippen molar-refractivity contribution in [2.45, 2.75) is 18.9 Å². The number of nitrogens with zero attached hydrogens (tertiary/aromatic N) is 4. The molecule has 27 heavy (non-hydrogen) atoms. The first-order chi connectivity index (χ1) is 13.2. The molecule has 3 rings (SSSR count). The average Bonchev–Trinajstić information content (AvgIpc) is 3.53. The summed E-state index contributed by atoms with van der Waals surface area (Å²) in [5, 5.41) is 13.6. The maximum absolute atomic E-state index is 10.1. The molecule has 0 amide bonds. The smallest absolute Gasteiger partial charge is 0.193 e. The number of rotatable bonds is 8. The van der Waals surface area contributed by atoms with Gasteiger partial charge in [-0.25, -0.2) is 0 Å². The fourth-order valence-electron chi connectivity index (χ4n) is 3.66. The van der Waals surface area contributed by atoms with Crippen LogP contribution in [-0.4, -0.2) is 93.5 Å². The minimum atomic E-state index is 0.352. The Kier molecular flexibility index (Phi) is 7.18. The molecule has 1 aromatic carbocycles. The van der Waals surface area contributed by atoms with E-state index in [1.54, 1.807) is 13.2 Å². The van der Waals surface area contributed by atoms with E-state index in [1.807, 2.05) is 25.2 Å². The summed E-state index contributed by atoms with van der Waals surface area (Å²) in [6.45, 7) is 7.24. The molecule has 150 valence electrons. The second kappa shape index (κ2) is 9.80. The number of anilines is 1. The highest BCUT2D eigenvalue weighted by Gasteiger charge is 2.28. The van der Waals surface area contributed by atoms with Crippen molar-refractivity contribution < 1.29 is 9.84 Å². The Balaban J connectivity index is 1.44. The first kappa shape index (κ1) is 19.8. The zero-order chi connectivity index (χ0) is 19.1. The molecule has 0 atom stereocenters. The lowest BCUT2D eigenvalue weighted by atomic mass is 10.2. The Hall–Kier alpha value is -1.99. The molecule has 1 aliphatic heterocycles. The van der Waals surface area contributed by atoms with Gasteiger partial charge in [0.1, 0.15) is 5.75 Å². The molecular weight excluding hydrogens is 342 g/mol. The number of para-hydroxylation sites is 2. The molecule has 1 aliphatic carbocycles. The zero-order valence-electron chi connectivity index (χ0n) is 16.6. The number of phenols is 1. The minimum absolute atomic E-state index is 0.352. The molecule has 2 N–H and O–H groups in total. The summed E-state index contributed by atoms with van der Waals surface area (Å²) in [4.78, 5) is 11.5. The number of aliphatic imine (C=N–C) groups is 1. The van der Waals surface area contributed by atoms with Crippen molar-refractivity contribution in [1.82, 2.24) is 15.1 Å². The number of hydrogen-bond donors (Lipinski definition) is 2. The molecule has 0 aromatic heterocycles. The summed E-state index contributed by atoms with van der Waals surface area (Å²) >= 11 is 0. The first-order valence-corrected chi connectivity index (χ1v) is 9.94. The monoisotopic (exact) mass is 375 g/mol. The summed E-state index contributed by atoms with van der Waals surface area (Å²) < 4.78 is 5.23. The number of ether oxygens (including phenoxy) is 1. The molecule has 1 aromatic rings. The van der Waals surface area contributed by atoms with Crippen LogP contribution < -0.4 is 10.2 Å². The van der Waals surface area contributed by atoms with Crippen molar-refractivity contribution in [3.63, 3.8) is 0 Å². The van der Waals surface area contributed by atoms with E-state index < -0.39 is 0 Å². The largest absolute Gasteiger partial charge is 0.506 e. The number of benzene rings is 1. The lowest BCUT2D eigenvalue weighted by Gasteiger charge is -2.38. The highest BCUT2D eigenvalue weighted by Crippen LogP contribution is 2.27. The molecule has 0 bridgehead atoms. The van der Waals surface area contributed by atoms with Gasteiger partial charge in [0.25, 0.3) is 0 Å². The predicted molar refractivity (Wildman–Crippen MR) is 110 cm³/mol. The van der Waals surface area contributed by atoms with Crippen LogP contribution in [0.4, 0.5) is 5.69 Å². The highest BCUT2D eigenvalue weighted by molar-refractivity contribution is 5.80. The van der Waals surface area contributed by atoms with Crippen molar-refractivity contribution in [3.8, 4) is 5.75 Å². The van der Waals surface area contributed by atoms with Gasteiger partial charge < -0.3 is 25.0 Å². The van der Waals surface area contributed by atoms with Gasteiger partial charge >= 0.3 is 0 Å². The molecule has 7 heteroatoms. The number of nitrogens with one attached hydrogen (secondary N) is 1. The molecule has 2 fully saturated rings. The third kappa shape index (κ3) is 5.49. The summed E-state index contributed by atoms with van der Waals surface area (Å²) in [5.41, 5.74) is 0.915. The Morgan fingerprint density at radius 2 is 1.96 bits per heavy atom. The topological polar surface area (TPSA) is 63.6 Å². The van der Waals surface area contributed by atoms with E-state index in [2.05, 4.69) is 25.0 Å². The van der Waals surface area contributed by atoms with Crippen LogP contribution in [0.5, 0.6) is 5.75 Å². The maximum atomic E-state index is 10.1. The van der Waals surface area contributed by atoms with Gasteiger partial charge in [-0.15, -0.1) is 0 Å². The fourth-order valence-corrected chi connectivity index (χ4v) is 3.66. The van der Waals surface area contributed by atoms with Gasteiger partial charge in [0.05, 0.1) is 12.3 Å². The van der Waals surface area contributed by atoms with E-state index in [1.165, 1.54) is 12.8 Å². The third-order valence-electron chi connectivity index (χ3n) is 5.34. The summed E-state index contributed by atoms with van der Waals surface area (Å²) in [7, 11) is 3.61. The van der Waals surface area contributed by atoms with E-state index in [4.69, 9.17) is 4.74 Å². The van der Waals surface area contributed by atoms with Gasteiger partial charge in [-0.3, -0.25) is 9.89 Å². The maximum Gasteiger partial charge on any atom is 0.193 e. The highest BCUT2D eigenvalue weighted by atomic mass is 16.5. The second-order valence-electron chi connectivity index (χ2n) is 7.20. The summed E-state index contributed by atoms with van der Waals surface area (Å²) in [5.74, 6) is 1.32. The lowest BCUT2D eigenvalue weighted by molar-refractivity contribution is 0.144. The van der Waals surface area contributed by atoms with Crippen molar-refractivity contribution in [2.24, 2.45) is 4.99 Å². The van der Waals surface area contributed by atoms with Crippen LogP contribution in [-0.2, 0) is 4.74 Å². The second-order valence-corrected chi connectivity index (χ2v) is 7.20. The van der Waals surface area contributed by atoms with E-state index in [-0.39, 0.29) is 0 Å². The van der Waals surface area contributed by atoms with Gasteiger partial charge in [-0.05, 0) is 25.0 Å². The minimum Gasteiger partial charge on any atom is -0.506 e. The molecule has 2 aliphatic rings. The summed E-state index contributed by atoms with van der Waals surface area (Å²) in [6.07, 6.45) is 2.62. The SMILES string of the molecule is CN=C(NCCN(CCOC)C1CC1)N1CCN(c2ccccc2O)CC1. The fraction of sp³-hybridized carbons (Fsp3) is 0.650. The average molecular weight is 376 g/mol. The quantitative estimate of drug-likeness (QED) is 0.526. The van der Waals surface area contributed by atoms with Crippen LogP contribution in [0.2, 0.25) is 0 Å². The zero-order valence-corrected chi connectivity index (χ0v) is 16.6. The number of aromatic hydroxyl groups is 1. The predicted octanol–water partition coefficient (Wildman–Crippen LogP) is 1.20. The molecule has 1 heterocycles. The van der Waals surface area contributed by atoms with Crippen LogP contribution in [0, 0.1) is 0 Å². The normalized spacial score (nSPS) is 18.3. The van der Waals surface area contributed by atoms with Gasteiger partial charge in [0, 0.05) is 66.0 Å². The Bertz CT molecular complexity index is 612. The number of phenolic OH excluding ortho intramolecular Hbond substituents is 1. The van der Waals surface area contributed by atoms with Crippen molar-refractivity contribution in [2.75, 3.05) is 71.5 Å². The van der Waals surface area contributed by atoms with E-state index >= 15 is 0 Å². The van der Waals surface area contributed by atoms with Crippen LogP contribution in [0.3, 0.4) is 0 Å².